The second-order valence-electron chi connectivity index (χ2n) is 4.98. The van der Waals surface area contributed by atoms with E-state index in [1.807, 2.05) is 31.2 Å². The Hall–Kier alpha value is -2.05. The fourth-order valence-corrected chi connectivity index (χ4v) is 2.82. The fourth-order valence-electron chi connectivity index (χ4n) is 1.88. The van der Waals surface area contributed by atoms with Crippen molar-refractivity contribution in [2.24, 2.45) is 0 Å². The molecule has 0 saturated carbocycles. The Bertz CT molecular complexity index is 755. The maximum absolute atomic E-state index is 12.1. The van der Waals surface area contributed by atoms with Crippen LogP contribution < -0.4 is 11.1 Å². The number of benzene rings is 2. The van der Waals surface area contributed by atoms with Gasteiger partial charge in [-0.15, -0.1) is 0 Å². The SMILES string of the molecule is Cc1ccccc1Nc1ccc(S(=O)(=O)N(C)C)cc1N. The molecule has 0 bridgehead atoms. The highest BCUT2D eigenvalue weighted by Crippen LogP contribution is 2.28. The van der Waals surface area contributed by atoms with E-state index < -0.39 is 10.0 Å². The first-order valence-corrected chi connectivity index (χ1v) is 7.91. The third-order valence-corrected chi connectivity index (χ3v) is 5.03. The maximum Gasteiger partial charge on any atom is 0.242 e. The van der Waals surface area contributed by atoms with Crippen molar-refractivity contribution in [3.8, 4) is 0 Å². The summed E-state index contributed by atoms with van der Waals surface area (Å²) in [6, 6.07) is 12.5. The predicted octanol–water partition coefficient (Wildman–Crippen LogP) is 2.57. The van der Waals surface area contributed by atoms with E-state index in [0.29, 0.717) is 11.4 Å². The van der Waals surface area contributed by atoms with Gasteiger partial charge in [-0.1, -0.05) is 18.2 Å². The number of sulfonamides is 1. The summed E-state index contributed by atoms with van der Waals surface area (Å²) in [6.07, 6.45) is 0. The zero-order chi connectivity index (χ0) is 15.6. The summed E-state index contributed by atoms with van der Waals surface area (Å²) in [6.45, 7) is 1.99. The third-order valence-electron chi connectivity index (χ3n) is 3.22. The van der Waals surface area contributed by atoms with Gasteiger partial charge in [0.15, 0.2) is 0 Å². The van der Waals surface area contributed by atoms with Crippen molar-refractivity contribution < 1.29 is 8.42 Å². The number of hydrogen-bond acceptors (Lipinski definition) is 4. The number of rotatable bonds is 4. The molecule has 0 spiro atoms. The first-order chi connectivity index (χ1) is 9.82. The Morgan fingerprint density at radius 3 is 2.29 bits per heavy atom. The van der Waals surface area contributed by atoms with Crippen LogP contribution in [0.5, 0.6) is 0 Å². The maximum atomic E-state index is 12.1. The van der Waals surface area contributed by atoms with E-state index in [9.17, 15) is 8.42 Å². The van der Waals surface area contributed by atoms with E-state index in [-0.39, 0.29) is 4.90 Å². The lowest BCUT2D eigenvalue weighted by atomic mass is 10.2. The minimum atomic E-state index is -3.47. The highest BCUT2D eigenvalue weighted by atomic mass is 32.2. The summed E-state index contributed by atoms with van der Waals surface area (Å²) >= 11 is 0. The number of anilines is 3. The molecule has 0 amide bonds. The van der Waals surface area contributed by atoms with Crippen LogP contribution in [-0.4, -0.2) is 26.8 Å². The third kappa shape index (κ3) is 3.17. The van der Waals surface area contributed by atoms with Crippen LogP contribution in [0.3, 0.4) is 0 Å². The van der Waals surface area contributed by atoms with Gasteiger partial charge in [0.25, 0.3) is 0 Å². The number of hydrogen-bond donors (Lipinski definition) is 2. The molecule has 0 fully saturated rings. The average Bonchev–Trinajstić information content (AvgIpc) is 2.43. The Kier molecular flexibility index (Phi) is 4.20. The van der Waals surface area contributed by atoms with Gasteiger partial charge in [-0.2, -0.15) is 0 Å². The van der Waals surface area contributed by atoms with Gasteiger partial charge in [0.1, 0.15) is 0 Å². The van der Waals surface area contributed by atoms with Crippen molar-refractivity contribution in [2.75, 3.05) is 25.1 Å². The van der Waals surface area contributed by atoms with Gasteiger partial charge < -0.3 is 11.1 Å². The quantitative estimate of drug-likeness (QED) is 0.851. The number of para-hydroxylation sites is 1. The molecule has 21 heavy (non-hydrogen) atoms. The van der Waals surface area contributed by atoms with E-state index in [4.69, 9.17) is 5.73 Å². The van der Waals surface area contributed by atoms with Crippen molar-refractivity contribution in [2.45, 2.75) is 11.8 Å². The molecular weight excluding hydrogens is 286 g/mol. The van der Waals surface area contributed by atoms with Crippen molar-refractivity contribution in [3.05, 3.63) is 48.0 Å². The van der Waals surface area contributed by atoms with Gasteiger partial charge in [0.05, 0.1) is 16.3 Å². The molecule has 0 aliphatic carbocycles. The van der Waals surface area contributed by atoms with Gasteiger partial charge in [0, 0.05) is 19.8 Å². The molecule has 5 nitrogen and oxygen atoms in total. The normalized spacial score (nSPS) is 11.6. The summed E-state index contributed by atoms with van der Waals surface area (Å²) in [5.41, 5.74) is 9.07. The highest BCUT2D eigenvalue weighted by molar-refractivity contribution is 7.89. The molecular formula is C15H19N3O2S. The van der Waals surface area contributed by atoms with Gasteiger partial charge in [-0.25, -0.2) is 12.7 Å². The second-order valence-corrected chi connectivity index (χ2v) is 7.13. The van der Waals surface area contributed by atoms with E-state index in [2.05, 4.69) is 5.32 Å². The van der Waals surface area contributed by atoms with Crippen LogP contribution in [0.1, 0.15) is 5.56 Å². The van der Waals surface area contributed by atoms with Crippen LogP contribution in [0, 0.1) is 6.92 Å². The van der Waals surface area contributed by atoms with Crippen LogP contribution >= 0.6 is 0 Å². The molecule has 0 saturated heterocycles. The summed E-state index contributed by atoms with van der Waals surface area (Å²) < 4.78 is 25.3. The molecule has 0 aromatic heterocycles. The lowest BCUT2D eigenvalue weighted by Gasteiger charge is -2.15. The van der Waals surface area contributed by atoms with Crippen LogP contribution in [0.25, 0.3) is 0 Å². The minimum absolute atomic E-state index is 0.181. The molecule has 2 rings (SSSR count). The van der Waals surface area contributed by atoms with Gasteiger partial charge in [0.2, 0.25) is 10.0 Å². The Morgan fingerprint density at radius 2 is 1.71 bits per heavy atom. The average molecular weight is 305 g/mol. The molecule has 0 unspecified atom stereocenters. The van der Waals surface area contributed by atoms with E-state index >= 15 is 0 Å². The molecule has 0 heterocycles. The topological polar surface area (TPSA) is 75.4 Å². The number of aryl methyl sites for hydroxylation is 1. The van der Waals surface area contributed by atoms with E-state index in [1.54, 1.807) is 12.1 Å². The van der Waals surface area contributed by atoms with Gasteiger partial charge >= 0.3 is 0 Å². The van der Waals surface area contributed by atoms with Crippen molar-refractivity contribution in [3.63, 3.8) is 0 Å². The summed E-state index contributed by atoms with van der Waals surface area (Å²) in [5.74, 6) is 0. The van der Waals surface area contributed by atoms with Gasteiger partial charge in [-0.3, -0.25) is 0 Å². The van der Waals surface area contributed by atoms with Crippen molar-refractivity contribution in [1.82, 2.24) is 4.31 Å². The number of nitrogen functional groups attached to an aromatic ring is 1. The van der Waals surface area contributed by atoms with Crippen LogP contribution in [-0.2, 0) is 10.0 Å². The minimum Gasteiger partial charge on any atom is -0.397 e. The number of nitrogens with zero attached hydrogens (tertiary/aromatic N) is 1. The second kappa shape index (κ2) is 5.75. The van der Waals surface area contributed by atoms with Crippen LogP contribution in [0.15, 0.2) is 47.4 Å². The molecule has 0 radical (unpaired) electrons. The molecule has 6 heteroatoms. The first kappa shape index (κ1) is 15.3. The van der Waals surface area contributed by atoms with E-state index in [1.165, 1.54) is 20.2 Å². The largest absolute Gasteiger partial charge is 0.397 e. The number of nitrogens with one attached hydrogen (secondary N) is 1. The first-order valence-electron chi connectivity index (χ1n) is 6.47. The van der Waals surface area contributed by atoms with Crippen molar-refractivity contribution >= 4 is 27.1 Å². The monoisotopic (exact) mass is 305 g/mol. The smallest absolute Gasteiger partial charge is 0.242 e. The molecule has 0 aliphatic rings. The summed E-state index contributed by atoms with van der Waals surface area (Å²) in [5, 5.41) is 3.21. The lowest BCUT2D eigenvalue weighted by Crippen LogP contribution is -2.22. The molecule has 3 N–H and O–H groups in total. The molecule has 2 aromatic rings. The standard InChI is InChI=1S/C15H19N3O2S/c1-11-6-4-5-7-14(11)17-15-9-8-12(10-13(15)16)21(19,20)18(2)3/h4-10,17H,16H2,1-3H3. The Labute approximate surface area is 125 Å². The Balaban J connectivity index is 2.35. The lowest BCUT2D eigenvalue weighted by molar-refractivity contribution is 0.521. The van der Waals surface area contributed by atoms with Gasteiger partial charge in [-0.05, 0) is 36.8 Å². The van der Waals surface area contributed by atoms with Crippen LogP contribution in [0.4, 0.5) is 17.1 Å². The number of nitrogens with two attached hydrogens (primary N) is 1. The molecule has 0 aliphatic heterocycles. The molecule has 112 valence electrons. The predicted molar refractivity (Wildman–Crippen MR) is 86.2 cm³/mol. The zero-order valence-corrected chi connectivity index (χ0v) is 13.1. The summed E-state index contributed by atoms with van der Waals surface area (Å²) in [7, 11) is -0.489. The summed E-state index contributed by atoms with van der Waals surface area (Å²) in [4.78, 5) is 0.181. The highest BCUT2D eigenvalue weighted by Gasteiger charge is 2.18. The van der Waals surface area contributed by atoms with E-state index in [0.717, 1.165) is 15.6 Å². The fraction of sp³-hybridized carbons (Fsp3) is 0.200. The zero-order valence-electron chi connectivity index (χ0n) is 12.3. The van der Waals surface area contributed by atoms with Crippen molar-refractivity contribution in [1.29, 1.82) is 0 Å². The Morgan fingerprint density at radius 1 is 1.05 bits per heavy atom. The van der Waals surface area contributed by atoms with Crippen LogP contribution in [0.2, 0.25) is 0 Å². The molecule has 0 atom stereocenters. The molecule has 2 aromatic carbocycles.